The topological polar surface area (TPSA) is 52.4 Å². The SMILES string of the molecule is O=[N+]([O-])Oc1ccc(F)cc1. The zero-order chi connectivity index (χ0) is 8.27. The molecule has 1 aromatic rings. The molecule has 0 fully saturated rings. The third-order valence-corrected chi connectivity index (χ3v) is 0.994. The normalized spacial score (nSPS) is 9.18. The molecule has 0 radical (unpaired) electrons. The van der Waals surface area contributed by atoms with E-state index in [1.165, 1.54) is 12.1 Å². The molecular formula is C6H4FNO3. The van der Waals surface area contributed by atoms with Crippen molar-refractivity contribution in [3.8, 4) is 5.75 Å². The number of rotatable bonds is 2. The van der Waals surface area contributed by atoms with Gasteiger partial charge in [0.15, 0.2) is 0 Å². The van der Waals surface area contributed by atoms with Crippen LogP contribution >= 0.6 is 0 Å². The van der Waals surface area contributed by atoms with E-state index >= 15 is 0 Å². The van der Waals surface area contributed by atoms with Crippen LogP contribution in [0.2, 0.25) is 0 Å². The first-order valence-corrected chi connectivity index (χ1v) is 2.76. The molecule has 1 aromatic carbocycles. The van der Waals surface area contributed by atoms with Crippen LogP contribution in [0.1, 0.15) is 0 Å². The van der Waals surface area contributed by atoms with Crippen molar-refractivity contribution in [3.63, 3.8) is 0 Å². The van der Waals surface area contributed by atoms with Gasteiger partial charge in [-0.05, 0) is 24.3 Å². The van der Waals surface area contributed by atoms with Gasteiger partial charge in [0, 0.05) is 0 Å². The molecule has 0 amide bonds. The molecule has 0 bridgehead atoms. The molecule has 0 saturated heterocycles. The average molecular weight is 157 g/mol. The summed E-state index contributed by atoms with van der Waals surface area (Å²) in [7, 11) is 0. The van der Waals surface area contributed by atoms with Crippen LogP contribution in [0.15, 0.2) is 24.3 Å². The van der Waals surface area contributed by atoms with Crippen molar-refractivity contribution in [2.75, 3.05) is 0 Å². The third kappa shape index (κ3) is 2.21. The molecule has 0 aliphatic carbocycles. The monoisotopic (exact) mass is 157 g/mol. The summed E-state index contributed by atoms with van der Waals surface area (Å²) in [5.74, 6) is -0.447. The van der Waals surface area contributed by atoms with Crippen LogP contribution in [0.25, 0.3) is 0 Å². The molecule has 0 atom stereocenters. The van der Waals surface area contributed by atoms with Crippen molar-refractivity contribution in [3.05, 3.63) is 40.2 Å². The fourth-order valence-electron chi connectivity index (χ4n) is 0.582. The average Bonchev–Trinajstić information content (AvgIpc) is 1.93. The summed E-state index contributed by atoms with van der Waals surface area (Å²) in [6.07, 6.45) is 0. The highest BCUT2D eigenvalue weighted by Crippen LogP contribution is 2.10. The molecule has 0 aromatic heterocycles. The smallest absolute Gasteiger partial charge is 0.276 e. The van der Waals surface area contributed by atoms with E-state index in [1.54, 1.807) is 0 Å². The second kappa shape index (κ2) is 2.96. The Hall–Kier alpha value is -1.65. The first kappa shape index (κ1) is 7.46. The zero-order valence-electron chi connectivity index (χ0n) is 5.36. The minimum absolute atomic E-state index is 0.0106. The van der Waals surface area contributed by atoms with Gasteiger partial charge in [-0.3, -0.25) is 4.84 Å². The van der Waals surface area contributed by atoms with E-state index in [0.717, 1.165) is 12.1 Å². The largest absolute Gasteiger partial charge is 0.299 e. The lowest BCUT2D eigenvalue weighted by molar-refractivity contribution is -0.711. The van der Waals surface area contributed by atoms with Crippen LogP contribution in [-0.4, -0.2) is 5.09 Å². The van der Waals surface area contributed by atoms with Crippen LogP contribution < -0.4 is 4.84 Å². The lowest BCUT2D eigenvalue weighted by Gasteiger charge is -1.95. The molecular weight excluding hydrogens is 153 g/mol. The van der Waals surface area contributed by atoms with E-state index in [1.807, 2.05) is 0 Å². The highest BCUT2D eigenvalue weighted by Gasteiger charge is 1.97. The Morgan fingerprint density at radius 1 is 1.36 bits per heavy atom. The molecule has 11 heavy (non-hydrogen) atoms. The Balaban J connectivity index is 2.74. The molecule has 5 heteroatoms. The van der Waals surface area contributed by atoms with Crippen molar-refractivity contribution in [1.29, 1.82) is 0 Å². The fraction of sp³-hybridized carbons (Fsp3) is 0. The second-order valence-electron chi connectivity index (χ2n) is 1.77. The first-order valence-electron chi connectivity index (χ1n) is 2.76. The maximum atomic E-state index is 12.2. The van der Waals surface area contributed by atoms with Gasteiger partial charge in [-0.2, -0.15) is 0 Å². The predicted octanol–water partition coefficient (Wildman–Crippen LogP) is 1.40. The highest BCUT2D eigenvalue weighted by molar-refractivity contribution is 5.21. The standard InChI is InChI=1S/C6H4FNO3/c7-5-1-3-6(4-2-5)11-8(9)10/h1-4H. The number of halogens is 1. The number of hydrogen-bond donors (Lipinski definition) is 0. The van der Waals surface area contributed by atoms with Gasteiger partial charge in [-0.25, -0.2) is 4.39 Å². The van der Waals surface area contributed by atoms with Crippen molar-refractivity contribution < 1.29 is 14.3 Å². The Labute approximate surface area is 61.3 Å². The fourth-order valence-corrected chi connectivity index (χ4v) is 0.582. The molecule has 0 aliphatic rings. The Morgan fingerprint density at radius 2 is 1.91 bits per heavy atom. The van der Waals surface area contributed by atoms with E-state index in [2.05, 4.69) is 4.84 Å². The molecule has 58 valence electrons. The van der Waals surface area contributed by atoms with E-state index < -0.39 is 10.9 Å². The Bertz CT molecular complexity index is 259. The quantitative estimate of drug-likeness (QED) is 0.481. The number of nitrogens with zero attached hydrogens (tertiary/aromatic N) is 1. The molecule has 0 aliphatic heterocycles. The van der Waals surface area contributed by atoms with Crippen molar-refractivity contribution in [2.45, 2.75) is 0 Å². The molecule has 0 spiro atoms. The molecule has 4 nitrogen and oxygen atoms in total. The molecule has 0 unspecified atom stereocenters. The predicted molar refractivity (Wildman–Crippen MR) is 34.0 cm³/mol. The number of hydrogen-bond acceptors (Lipinski definition) is 3. The van der Waals surface area contributed by atoms with Gasteiger partial charge in [0.25, 0.3) is 5.09 Å². The molecule has 1 rings (SSSR count). The summed E-state index contributed by atoms with van der Waals surface area (Å²) in [6, 6.07) is 4.52. The van der Waals surface area contributed by atoms with E-state index in [-0.39, 0.29) is 5.75 Å². The van der Waals surface area contributed by atoms with Crippen LogP contribution in [0.4, 0.5) is 4.39 Å². The van der Waals surface area contributed by atoms with Crippen molar-refractivity contribution >= 4 is 0 Å². The summed E-state index contributed by atoms with van der Waals surface area (Å²) < 4.78 is 12.2. The maximum absolute atomic E-state index is 12.2. The van der Waals surface area contributed by atoms with E-state index in [0.29, 0.717) is 0 Å². The van der Waals surface area contributed by atoms with Crippen molar-refractivity contribution in [2.24, 2.45) is 0 Å². The van der Waals surface area contributed by atoms with Gasteiger partial charge in [-0.1, -0.05) is 0 Å². The third-order valence-electron chi connectivity index (χ3n) is 0.994. The van der Waals surface area contributed by atoms with E-state index in [9.17, 15) is 14.5 Å². The number of benzene rings is 1. The first-order chi connectivity index (χ1) is 5.18. The minimum atomic E-state index is -0.951. The minimum Gasteiger partial charge on any atom is -0.276 e. The maximum Gasteiger partial charge on any atom is 0.299 e. The van der Waals surface area contributed by atoms with Gasteiger partial charge in [0.1, 0.15) is 11.6 Å². The Morgan fingerprint density at radius 3 is 2.36 bits per heavy atom. The van der Waals surface area contributed by atoms with Crippen LogP contribution in [0.3, 0.4) is 0 Å². The van der Waals surface area contributed by atoms with Crippen LogP contribution in [-0.2, 0) is 0 Å². The van der Waals surface area contributed by atoms with Gasteiger partial charge in [-0.15, -0.1) is 10.1 Å². The molecule has 0 saturated carbocycles. The van der Waals surface area contributed by atoms with Crippen LogP contribution in [0, 0.1) is 15.9 Å². The van der Waals surface area contributed by atoms with E-state index in [4.69, 9.17) is 0 Å². The molecule has 0 heterocycles. The van der Waals surface area contributed by atoms with Crippen LogP contribution in [0.5, 0.6) is 5.75 Å². The summed E-state index contributed by atoms with van der Waals surface area (Å²) >= 11 is 0. The second-order valence-corrected chi connectivity index (χ2v) is 1.77. The zero-order valence-corrected chi connectivity index (χ0v) is 5.36. The highest BCUT2D eigenvalue weighted by atomic mass is 19.1. The molecule has 0 N–H and O–H groups in total. The Kier molecular flexibility index (Phi) is 2.00. The van der Waals surface area contributed by atoms with Gasteiger partial charge >= 0.3 is 0 Å². The van der Waals surface area contributed by atoms with Gasteiger partial charge < -0.3 is 0 Å². The van der Waals surface area contributed by atoms with Gasteiger partial charge in [0.05, 0.1) is 0 Å². The lowest BCUT2D eigenvalue weighted by atomic mass is 10.3. The summed E-state index contributed by atoms with van der Waals surface area (Å²) in [4.78, 5) is 13.8. The summed E-state index contributed by atoms with van der Waals surface area (Å²) in [6.45, 7) is 0. The van der Waals surface area contributed by atoms with Crippen molar-refractivity contribution in [1.82, 2.24) is 0 Å². The summed E-state index contributed by atoms with van der Waals surface area (Å²) in [5, 5.41) is 8.79. The summed E-state index contributed by atoms with van der Waals surface area (Å²) in [5.41, 5.74) is 0. The lowest BCUT2D eigenvalue weighted by Crippen LogP contribution is -2.02. The van der Waals surface area contributed by atoms with Gasteiger partial charge in [0.2, 0.25) is 0 Å².